The third-order valence-corrected chi connectivity index (χ3v) is 4.78. The molecule has 0 amide bonds. The van der Waals surface area contributed by atoms with E-state index in [1.165, 1.54) is 0 Å². The molecule has 4 nitrogen and oxygen atoms in total. The van der Waals surface area contributed by atoms with Crippen LogP contribution in [0.3, 0.4) is 0 Å². The van der Waals surface area contributed by atoms with Crippen molar-refractivity contribution >= 4 is 37.5 Å². The zero-order valence-corrected chi connectivity index (χ0v) is 13.8. The second kappa shape index (κ2) is 6.54. The molecule has 0 spiro atoms. The van der Waals surface area contributed by atoms with Gasteiger partial charge in [-0.1, -0.05) is 15.9 Å². The van der Waals surface area contributed by atoms with Gasteiger partial charge in [0.1, 0.15) is 0 Å². The number of aliphatic hydroxyl groups is 1. The van der Waals surface area contributed by atoms with Crippen molar-refractivity contribution in [2.75, 3.05) is 5.73 Å². The number of halogens is 2. The van der Waals surface area contributed by atoms with Gasteiger partial charge in [-0.05, 0) is 59.3 Å². The van der Waals surface area contributed by atoms with E-state index in [-0.39, 0.29) is 6.10 Å². The Balaban J connectivity index is 2.04. The van der Waals surface area contributed by atoms with E-state index in [1.807, 2.05) is 17.1 Å². The first-order valence-corrected chi connectivity index (χ1v) is 7.98. The lowest BCUT2D eigenvalue weighted by Gasteiger charge is -2.32. The van der Waals surface area contributed by atoms with Crippen LogP contribution in [-0.2, 0) is 6.54 Å². The highest BCUT2D eigenvalue weighted by Gasteiger charge is 2.23. The van der Waals surface area contributed by atoms with Crippen LogP contribution in [0.2, 0.25) is 0 Å². The Labute approximate surface area is 130 Å². The van der Waals surface area contributed by atoms with Crippen LogP contribution in [0.15, 0.2) is 21.1 Å². The Bertz CT molecular complexity index is 448. The first-order valence-electron chi connectivity index (χ1n) is 6.40. The van der Waals surface area contributed by atoms with Gasteiger partial charge >= 0.3 is 0 Å². The number of benzene rings is 1. The number of anilines is 1. The molecule has 19 heavy (non-hydrogen) atoms. The molecule has 5 N–H and O–H groups in total. The van der Waals surface area contributed by atoms with E-state index < -0.39 is 0 Å². The molecule has 0 aromatic heterocycles. The smallest absolute Gasteiger partial charge is 0.0541 e. The lowest BCUT2D eigenvalue weighted by Crippen LogP contribution is -2.43. The highest BCUT2D eigenvalue weighted by molar-refractivity contribution is 9.11. The summed E-state index contributed by atoms with van der Waals surface area (Å²) in [7, 11) is 0. The number of nitrogens with zero attached hydrogens (tertiary/aromatic N) is 1. The van der Waals surface area contributed by atoms with Gasteiger partial charge in [0.25, 0.3) is 0 Å². The van der Waals surface area contributed by atoms with E-state index in [0.29, 0.717) is 12.6 Å². The summed E-state index contributed by atoms with van der Waals surface area (Å²) in [6.45, 7) is 0.616. The summed E-state index contributed by atoms with van der Waals surface area (Å²) in [5, 5.41) is 11.4. The van der Waals surface area contributed by atoms with Crippen molar-refractivity contribution in [2.45, 2.75) is 44.4 Å². The molecule has 1 aromatic rings. The Morgan fingerprint density at radius 3 is 2.47 bits per heavy atom. The van der Waals surface area contributed by atoms with Crippen molar-refractivity contribution in [1.82, 2.24) is 5.01 Å². The van der Waals surface area contributed by atoms with Gasteiger partial charge in [0.15, 0.2) is 0 Å². The van der Waals surface area contributed by atoms with Crippen molar-refractivity contribution in [2.24, 2.45) is 5.84 Å². The molecule has 0 aliphatic heterocycles. The molecule has 0 heterocycles. The quantitative estimate of drug-likeness (QED) is 0.420. The molecular formula is C13H19Br2N3O. The van der Waals surface area contributed by atoms with Crippen LogP contribution in [0.25, 0.3) is 0 Å². The number of hydrogen-bond donors (Lipinski definition) is 3. The van der Waals surface area contributed by atoms with Crippen LogP contribution in [-0.4, -0.2) is 22.3 Å². The van der Waals surface area contributed by atoms with Gasteiger partial charge in [-0.2, -0.15) is 0 Å². The van der Waals surface area contributed by atoms with Crippen LogP contribution in [0.5, 0.6) is 0 Å². The number of rotatable bonds is 3. The summed E-state index contributed by atoms with van der Waals surface area (Å²) in [6.07, 6.45) is 3.38. The molecule has 106 valence electrons. The van der Waals surface area contributed by atoms with Crippen LogP contribution >= 0.6 is 31.9 Å². The summed E-state index contributed by atoms with van der Waals surface area (Å²) in [6, 6.07) is 4.24. The Kier molecular flexibility index (Phi) is 5.25. The SMILES string of the molecule is Nc1c(Br)cc(Br)cc1CN(N)C1CCC(O)CC1. The highest BCUT2D eigenvalue weighted by Crippen LogP contribution is 2.30. The highest BCUT2D eigenvalue weighted by atomic mass is 79.9. The predicted octanol–water partition coefficient (Wildman–Crippen LogP) is 2.77. The Hall–Kier alpha value is -0.140. The first-order chi connectivity index (χ1) is 8.97. The number of nitrogens with two attached hydrogens (primary N) is 2. The predicted molar refractivity (Wildman–Crippen MR) is 84.2 cm³/mol. The van der Waals surface area contributed by atoms with Crippen molar-refractivity contribution in [3.8, 4) is 0 Å². The van der Waals surface area contributed by atoms with E-state index >= 15 is 0 Å². The van der Waals surface area contributed by atoms with Crippen LogP contribution in [0.4, 0.5) is 5.69 Å². The lowest BCUT2D eigenvalue weighted by molar-refractivity contribution is 0.0704. The number of hydrogen-bond acceptors (Lipinski definition) is 4. The molecule has 0 saturated heterocycles. The van der Waals surface area contributed by atoms with E-state index in [2.05, 4.69) is 31.9 Å². The average Bonchev–Trinajstić information content (AvgIpc) is 2.36. The van der Waals surface area contributed by atoms with Gasteiger partial charge in [-0.3, -0.25) is 5.84 Å². The molecule has 0 atom stereocenters. The molecule has 0 unspecified atom stereocenters. The minimum atomic E-state index is -0.158. The molecule has 2 rings (SSSR count). The largest absolute Gasteiger partial charge is 0.398 e. The third kappa shape index (κ3) is 3.92. The van der Waals surface area contributed by atoms with E-state index in [9.17, 15) is 5.11 Å². The maximum atomic E-state index is 9.52. The summed E-state index contributed by atoms with van der Waals surface area (Å²) in [5.74, 6) is 6.16. The molecule has 6 heteroatoms. The molecule has 1 saturated carbocycles. The van der Waals surface area contributed by atoms with Gasteiger partial charge in [-0.15, -0.1) is 0 Å². The second-order valence-corrected chi connectivity index (χ2v) is 6.87. The summed E-state index contributed by atoms with van der Waals surface area (Å²) >= 11 is 6.91. The molecule has 1 aliphatic rings. The Morgan fingerprint density at radius 1 is 1.21 bits per heavy atom. The second-order valence-electron chi connectivity index (χ2n) is 5.10. The molecule has 1 fully saturated rings. The fourth-order valence-corrected chi connectivity index (χ4v) is 3.80. The van der Waals surface area contributed by atoms with E-state index in [4.69, 9.17) is 11.6 Å². The van der Waals surface area contributed by atoms with Gasteiger partial charge in [0.2, 0.25) is 0 Å². The minimum Gasteiger partial charge on any atom is -0.398 e. The van der Waals surface area contributed by atoms with E-state index in [0.717, 1.165) is 45.9 Å². The average molecular weight is 393 g/mol. The molecule has 1 aliphatic carbocycles. The molecule has 1 aromatic carbocycles. The van der Waals surface area contributed by atoms with Gasteiger partial charge in [-0.25, -0.2) is 5.01 Å². The third-order valence-electron chi connectivity index (χ3n) is 3.67. The van der Waals surface area contributed by atoms with Gasteiger partial charge < -0.3 is 10.8 Å². The van der Waals surface area contributed by atoms with Crippen molar-refractivity contribution in [3.05, 3.63) is 26.6 Å². The number of nitrogen functional groups attached to an aromatic ring is 1. The van der Waals surface area contributed by atoms with Gasteiger partial charge in [0, 0.05) is 21.5 Å². The maximum absolute atomic E-state index is 9.52. The van der Waals surface area contributed by atoms with Crippen LogP contribution in [0, 0.1) is 0 Å². The van der Waals surface area contributed by atoms with E-state index in [1.54, 1.807) is 0 Å². The minimum absolute atomic E-state index is 0.158. The van der Waals surface area contributed by atoms with Crippen molar-refractivity contribution in [1.29, 1.82) is 0 Å². The molecule has 0 bridgehead atoms. The first kappa shape index (κ1) is 15.3. The normalized spacial score (nSPS) is 23.8. The lowest BCUT2D eigenvalue weighted by atomic mass is 9.92. The zero-order valence-electron chi connectivity index (χ0n) is 10.6. The topological polar surface area (TPSA) is 75.5 Å². The summed E-state index contributed by atoms with van der Waals surface area (Å²) in [4.78, 5) is 0. The van der Waals surface area contributed by atoms with Crippen LogP contribution < -0.4 is 11.6 Å². The summed E-state index contributed by atoms with van der Waals surface area (Å²) < 4.78 is 1.86. The van der Waals surface area contributed by atoms with Gasteiger partial charge in [0.05, 0.1) is 11.8 Å². The summed E-state index contributed by atoms with van der Waals surface area (Å²) in [5.41, 5.74) is 7.80. The van der Waals surface area contributed by atoms with Crippen molar-refractivity contribution in [3.63, 3.8) is 0 Å². The number of hydrazine groups is 1. The molecule has 0 radical (unpaired) electrons. The zero-order chi connectivity index (χ0) is 14.0. The fourth-order valence-electron chi connectivity index (χ4n) is 2.48. The standard InChI is InChI=1S/C13H19Br2N3O/c14-9-5-8(13(16)12(15)6-9)7-18(17)10-1-3-11(19)4-2-10/h5-6,10-11,19H,1-4,7,16-17H2. The van der Waals surface area contributed by atoms with Crippen molar-refractivity contribution < 1.29 is 5.11 Å². The number of aliphatic hydroxyl groups excluding tert-OH is 1. The Morgan fingerprint density at radius 2 is 1.84 bits per heavy atom. The van der Waals surface area contributed by atoms with Crippen LogP contribution in [0.1, 0.15) is 31.2 Å². The molecular weight excluding hydrogens is 374 g/mol. The fraction of sp³-hybridized carbons (Fsp3) is 0.538. The monoisotopic (exact) mass is 391 g/mol. The maximum Gasteiger partial charge on any atom is 0.0541 e.